The van der Waals surface area contributed by atoms with Crippen molar-refractivity contribution >= 4 is 17.7 Å². The molecule has 146 valence electrons. The van der Waals surface area contributed by atoms with Crippen molar-refractivity contribution in [2.45, 2.75) is 32.4 Å². The van der Waals surface area contributed by atoms with E-state index >= 15 is 0 Å². The Bertz CT molecular complexity index is 1160. The summed E-state index contributed by atoms with van der Waals surface area (Å²) in [6, 6.07) is 4.72. The molecule has 10 heteroatoms. The Kier molecular flexibility index (Phi) is 3.79. The highest BCUT2D eigenvalue weighted by atomic mass is 16.3. The molecule has 0 saturated carbocycles. The molecule has 4 heterocycles. The fourth-order valence-electron chi connectivity index (χ4n) is 3.75. The number of rotatable bonds is 3. The van der Waals surface area contributed by atoms with E-state index in [0.29, 0.717) is 35.7 Å². The minimum absolute atomic E-state index is 0.210. The minimum Gasteiger partial charge on any atom is -0.448 e. The van der Waals surface area contributed by atoms with Crippen molar-refractivity contribution in [1.29, 1.82) is 0 Å². The Morgan fingerprint density at radius 1 is 1.24 bits per heavy atom. The summed E-state index contributed by atoms with van der Waals surface area (Å²) in [4.78, 5) is 42.0. The van der Waals surface area contributed by atoms with Gasteiger partial charge in [-0.05, 0) is 37.1 Å². The number of amides is 3. The summed E-state index contributed by atoms with van der Waals surface area (Å²) in [6.07, 6.45) is 3.65. The highest BCUT2D eigenvalue weighted by molar-refractivity contribution is 6.05. The van der Waals surface area contributed by atoms with Gasteiger partial charge >= 0.3 is 0 Å². The number of hydrogen-bond acceptors (Lipinski definition) is 7. The van der Waals surface area contributed by atoms with Gasteiger partial charge in [-0.1, -0.05) is 5.21 Å². The molecule has 2 aliphatic heterocycles. The standard InChI is InChI=1S/C19H16N6O4/c1-10-17(20-9-29-10)14-8-25(23-22-14)12-2-3-13-11(6-12)7-24(19(13)28)15-4-5-16(26)21-18(15)27/h2-3,6,8-9,15H,4-5,7H2,1H3,(H,21,26,27). The van der Waals surface area contributed by atoms with Crippen LogP contribution in [0, 0.1) is 6.92 Å². The van der Waals surface area contributed by atoms with Crippen LogP contribution in [0.1, 0.15) is 34.5 Å². The molecule has 1 saturated heterocycles. The molecule has 3 amide bonds. The molecule has 3 aromatic rings. The third kappa shape index (κ3) is 2.80. The molecule has 1 atom stereocenters. The van der Waals surface area contributed by atoms with Gasteiger partial charge in [-0.2, -0.15) is 0 Å². The van der Waals surface area contributed by atoms with E-state index in [0.717, 1.165) is 11.3 Å². The van der Waals surface area contributed by atoms with Crippen LogP contribution in [0.3, 0.4) is 0 Å². The van der Waals surface area contributed by atoms with E-state index in [1.165, 1.54) is 11.3 Å². The number of fused-ring (bicyclic) bond motifs is 1. The van der Waals surface area contributed by atoms with Crippen LogP contribution >= 0.6 is 0 Å². The van der Waals surface area contributed by atoms with Gasteiger partial charge in [0.1, 0.15) is 23.2 Å². The van der Waals surface area contributed by atoms with Gasteiger partial charge in [-0.3, -0.25) is 19.7 Å². The zero-order valence-electron chi connectivity index (χ0n) is 15.5. The predicted octanol–water partition coefficient (Wildman–Crippen LogP) is 0.992. The number of hydrogen-bond donors (Lipinski definition) is 1. The van der Waals surface area contributed by atoms with Crippen LogP contribution in [0.2, 0.25) is 0 Å². The number of imide groups is 1. The van der Waals surface area contributed by atoms with Crippen molar-refractivity contribution in [3.63, 3.8) is 0 Å². The highest BCUT2D eigenvalue weighted by Crippen LogP contribution is 2.29. The third-order valence-electron chi connectivity index (χ3n) is 5.25. The normalized spacial score (nSPS) is 18.9. The van der Waals surface area contributed by atoms with Gasteiger partial charge in [-0.15, -0.1) is 5.10 Å². The quantitative estimate of drug-likeness (QED) is 0.659. The molecule has 2 aliphatic rings. The van der Waals surface area contributed by atoms with Crippen molar-refractivity contribution in [1.82, 2.24) is 30.2 Å². The van der Waals surface area contributed by atoms with Crippen LogP contribution in [-0.4, -0.2) is 48.6 Å². The average molecular weight is 392 g/mol. The molecule has 5 rings (SSSR count). The van der Waals surface area contributed by atoms with Crippen LogP contribution in [0.25, 0.3) is 17.1 Å². The zero-order valence-corrected chi connectivity index (χ0v) is 15.5. The van der Waals surface area contributed by atoms with Crippen molar-refractivity contribution in [3.05, 3.63) is 47.7 Å². The zero-order chi connectivity index (χ0) is 20.1. The number of carbonyl (C=O) groups excluding carboxylic acids is 3. The van der Waals surface area contributed by atoms with Crippen molar-refractivity contribution in [2.75, 3.05) is 0 Å². The molecule has 0 radical (unpaired) electrons. The van der Waals surface area contributed by atoms with Gasteiger partial charge in [-0.25, -0.2) is 9.67 Å². The van der Waals surface area contributed by atoms with Gasteiger partial charge in [0.25, 0.3) is 5.91 Å². The summed E-state index contributed by atoms with van der Waals surface area (Å²) in [5, 5.41) is 10.6. The Morgan fingerprint density at radius 2 is 2.10 bits per heavy atom. The Labute approximate surface area is 164 Å². The summed E-state index contributed by atoms with van der Waals surface area (Å²) < 4.78 is 6.81. The molecule has 0 aliphatic carbocycles. The van der Waals surface area contributed by atoms with Gasteiger partial charge in [0.2, 0.25) is 11.8 Å². The van der Waals surface area contributed by atoms with Crippen molar-refractivity contribution in [2.24, 2.45) is 0 Å². The first kappa shape index (κ1) is 17.3. The molecule has 29 heavy (non-hydrogen) atoms. The van der Waals surface area contributed by atoms with Gasteiger partial charge in [0.05, 0.1) is 11.9 Å². The van der Waals surface area contributed by atoms with E-state index in [9.17, 15) is 14.4 Å². The highest BCUT2D eigenvalue weighted by Gasteiger charge is 2.39. The van der Waals surface area contributed by atoms with E-state index < -0.39 is 11.9 Å². The Balaban J connectivity index is 1.42. The topological polar surface area (TPSA) is 123 Å². The van der Waals surface area contributed by atoms with Crippen LogP contribution in [0.5, 0.6) is 0 Å². The monoisotopic (exact) mass is 392 g/mol. The average Bonchev–Trinajstić information content (AvgIpc) is 3.41. The molecule has 2 aromatic heterocycles. The maximum absolute atomic E-state index is 12.8. The Hall–Kier alpha value is -3.82. The maximum Gasteiger partial charge on any atom is 0.255 e. The fraction of sp³-hybridized carbons (Fsp3) is 0.263. The van der Waals surface area contributed by atoms with Crippen molar-refractivity contribution < 1.29 is 18.8 Å². The number of benzene rings is 1. The number of nitrogens with zero attached hydrogens (tertiary/aromatic N) is 5. The SMILES string of the molecule is Cc1ocnc1-c1cn(-c2ccc3c(c2)CN(C2CCC(=O)NC2=O)C3=O)nn1. The largest absolute Gasteiger partial charge is 0.448 e. The third-order valence-corrected chi connectivity index (χ3v) is 5.25. The molecular weight excluding hydrogens is 376 g/mol. The smallest absolute Gasteiger partial charge is 0.255 e. The second-order valence-corrected chi connectivity index (χ2v) is 7.05. The second-order valence-electron chi connectivity index (χ2n) is 7.05. The first-order chi connectivity index (χ1) is 14.0. The molecule has 1 fully saturated rings. The first-order valence-corrected chi connectivity index (χ1v) is 9.12. The van der Waals surface area contributed by atoms with Crippen LogP contribution in [0.15, 0.2) is 35.2 Å². The molecule has 0 spiro atoms. The van der Waals surface area contributed by atoms with E-state index in [1.807, 2.05) is 6.07 Å². The number of carbonyl (C=O) groups is 3. The Morgan fingerprint density at radius 3 is 2.86 bits per heavy atom. The molecular formula is C19H16N6O4. The van der Waals surface area contributed by atoms with Gasteiger partial charge < -0.3 is 9.32 Å². The van der Waals surface area contributed by atoms with E-state index in [1.54, 1.807) is 29.9 Å². The van der Waals surface area contributed by atoms with E-state index in [4.69, 9.17) is 4.42 Å². The van der Waals surface area contributed by atoms with Gasteiger partial charge in [0, 0.05) is 18.5 Å². The second kappa shape index (κ2) is 6.36. The minimum atomic E-state index is -0.635. The lowest BCUT2D eigenvalue weighted by Crippen LogP contribution is -2.52. The molecule has 1 aromatic carbocycles. The summed E-state index contributed by atoms with van der Waals surface area (Å²) >= 11 is 0. The van der Waals surface area contributed by atoms with Crippen LogP contribution in [0.4, 0.5) is 0 Å². The van der Waals surface area contributed by atoms with E-state index in [2.05, 4.69) is 20.6 Å². The van der Waals surface area contributed by atoms with Gasteiger partial charge in [0.15, 0.2) is 6.39 Å². The molecule has 10 nitrogen and oxygen atoms in total. The summed E-state index contributed by atoms with van der Waals surface area (Å²) in [6.45, 7) is 2.10. The first-order valence-electron chi connectivity index (χ1n) is 9.12. The summed E-state index contributed by atoms with van der Waals surface area (Å²) in [5.74, 6) is -0.288. The molecule has 1 N–H and O–H groups in total. The molecule has 1 unspecified atom stereocenters. The lowest BCUT2D eigenvalue weighted by Gasteiger charge is -2.29. The number of aromatic nitrogens is 4. The van der Waals surface area contributed by atoms with E-state index in [-0.39, 0.29) is 18.2 Å². The lowest BCUT2D eigenvalue weighted by molar-refractivity contribution is -0.136. The lowest BCUT2D eigenvalue weighted by atomic mass is 10.0. The number of piperidine rings is 1. The number of oxazole rings is 1. The molecule has 0 bridgehead atoms. The summed E-state index contributed by atoms with van der Waals surface area (Å²) in [5.41, 5.74) is 3.29. The van der Waals surface area contributed by atoms with Crippen LogP contribution < -0.4 is 5.32 Å². The fourth-order valence-corrected chi connectivity index (χ4v) is 3.75. The predicted molar refractivity (Wildman–Crippen MR) is 97.6 cm³/mol. The van der Waals surface area contributed by atoms with Crippen molar-refractivity contribution in [3.8, 4) is 17.1 Å². The van der Waals surface area contributed by atoms with Crippen LogP contribution in [-0.2, 0) is 16.1 Å². The number of nitrogens with one attached hydrogen (secondary N) is 1. The summed E-state index contributed by atoms with van der Waals surface area (Å²) in [7, 11) is 0. The maximum atomic E-state index is 12.8. The number of aryl methyl sites for hydroxylation is 1.